The van der Waals surface area contributed by atoms with Gasteiger partial charge in [-0.15, -0.1) is 0 Å². The van der Waals surface area contributed by atoms with Crippen LogP contribution in [-0.4, -0.2) is 28.0 Å². The Balaban J connectivity index is 1.98. The van der Waals surface area contributed by atoms with Crippen molar-refractivity contribution < 1.29 is 14.5 Å². The Hall–Kier alpha value is -2.18. The van der Waals surface area contributed by atoms with Crippen LogP contribution in [-0.2, 0) is 4.79 Å². The first-order valence-corrected chi connectivity index (χ1v) is 6.64. The van der Waals surface area contributed by atoms with Gasteiger partial charge in [-0.05, 0) is 41.8 Å². The van der Waals surface area contributed by atoms with E-state index >= 15 is 0 Å². The van der Waals surface area contributed by atoms with Gasteiger partial charge >= 0.3 is 5.82 Å². The molecule has 1 heterocycles. The van der Waals surface area contributed by atoms with Crippen LogP contribution in [0.15, 0.2) is 18.3 Å². The summed E-state index contributed by atoms with van der Waals surface area (Å²) in [5, 5.41) is 13.7. The highest BCUT2D eigenvalue weighted by Gasteiger charge is 2.24. The number of rotatable bonds is 5. The van der Waals surface area contributed by atoms with Crippen LogP contribution in [0.2, 0.25) is 0 Å². The Kier molecular flexibility index (Phi) is 4.49. The zero-order valence-corrected chi connectivity index (χ0v) is 11.2. The molecule has 0 radical (unpaired) electrons. The molecular formula is C13H17N3O4. The molecule has 0 saturated heterocycles. The molecule has 1 aliphatic carbocycles. The van der Waals surface area contributed by atoms with Gasteiger partial charge in [0.2, 0.25) is 5.75 Å². The van der Waals surface area contributed by atoms with Crippen molar-refractivity contribution in [2.24, 2.45) is 0 Å². The Morgan fingerprint density at radius 2 is 2.25 bits per heavy atom. The second kappa shape index (κ2) is 6.31. The first kappa shape index (κ1) is 14.2. The van der Waals surface area contributed by atoms with Crippen molar-refractivity contribution in [3.8, 4) is 5.75 Å². The first-order valence-electron chi connectivity index (χ1n) is 6.64. The summed E-state index contributed by atoms with van der Waals surface area (Å²) in [5.41, 5.74) is 0. The molecule has 0 spiro atoms. The van der Waals surface area contributed by atoms with Gasteiger partial charge in [0.05, 0.1) is 0 Å². The van der Waals surface area contributed by atoms with Gasteiger partial charge in [-0.2, -0.15) is 0 Å². The summed E-state index contributed by atoms with van der Waals surface area (Å²) in [6.45, 7) is 1.57. The summed E-state index contributed by atoms with van der Waals surface area (Å²) >= 11 is 0. The van der Waals surface area contributed by atoms with Crippen LogP contribution in [0, 0.1) is 10.1 Å². The van der Waals surface area contributed by atoms with Gasteiger partial charge < -0.3 is 20.2 Å². The lowest BCUT2D eigenvalue weighted by Gasteiger charge is -2.17. The van der Waals surface area contributed by atoms with Crippen LogP contribution in [0.1, 0.15) is 32.6 Å². The number of aromatic nitrogens is 1. The summed E-state index contributed by atoms with van der Waals surface area (Å²) in [6.07, 6.45) is 4.71. The molecule has 108 valence electrons. The zero-order valence-electron chi connectivity index (χ0n) is 11.2. The van der Waals surface area contributed by atoms with Gasteiger partial charge in [0, 0.05) is 6.04 Å². The number of carbonyl (C=O) groups is 1. The number of nitrogens with zero attached hydrogens (tertiary/aromatic N) is 2. The monoisotopic (exact) mass is 279 g/mol. The largest absolute Gasteiger partial charge is 0.473 e. The number of hydrogen-bond acceptors (Lipinski definition) is 5. The molecule has 1 unspecified atom stereocenters. The summed E-state index contributed by atoms with van der Waals surface area (Å²) < 4.78 is 5.36. The van der Waals surface area contributed by atoms with E-state index in [1.165, 1.54) is 18.3 Å². The van der Waals surface area contributed by atoms with E-state index < -0.39 is 11.0 Å². The minimum Gasteiger partial charge on any atom is -0.473 e. The number of nitrogens with one attached hydrogen (secondary N) is 1. The lowest BCUT2D eigenvalue weighted by molar-refractivity contribution is -0.390. The Morgan fingerprint density at radius 1 is 1.55 bits per heavy atom. The number of ether oxygens (including phenoxy) is 1. The van der Waals surface area contributed by atoms with Crippen molar-refractivity contribution in [2.75, 3.05) is 0 Å². The van der Waals surface area contributed by atoms with E-state index in [4.69, 9.17) is 4.74 Å². The van der Waals surface area contributed by atoms with Crippen LogP contribution in [0.25, 0.3) is 0 Å². The zero-order chi connectivity index (χ0) is 14.5. The van der Waals surface area contributed by atoms with Crippen molar-refractivity contribution in [3.63, 3.8) is 0 Å². The topological polar surface area (TPSA) is 94.4 Å². The fourth-order valence-corrected chi connectivity index (χ4v) is 2.24. The fourth-order valence-electron chi connectivity index (χ4n) is 2.24. The third-order valence-corrected chi connectivity index (χ3v) is 3.30. The quantitative estimate of drug-likeness (QED) is 0.655. The average Bonchev–Trinajstić information content (AvgIpc) is 2.91. The summed E-state index contributed by atoms with van der Waals surface area (Å²) in [7, 11) is 0. The lowest BCUT2D eigenvalue weighted by atomic mass is 10.2. The molecule has 0 bridgehead atoms. The molecular weight excluding hydrogens is 262 g/mol. The molecule has 1 aliphatic rings. The van der Waals surface area contributed by atoms with Gasteiger partial charge in [-0.1, -0.05) is 12.8 Å². The van der Waals surface area contributed by atoms with Gasteiger partial charge in [-0.25, -0.2) is 0 Å². The van der Waals surface area contributed by atoms with E-state index in [-0.39, 0.29) is 23.5 Å². The molecule has 1 aromatic heterocycles. The fraction of sp³-hybridized carbons (Fsp3) is 0.538. The first-order chi connectivity index (χ1) is 9.58. The van der Waals surface area contributed by atoms with Gasteiger partial charge in [0.1, 0.15) is 6.20 Å². The smallest absolute Gasteiger partial charge is 0.406 e. The summed E-state index contributed by atoms with van der Waals surface area (Å²) in [5.74, 6) is -0.630. The predicted octanol–water partition coefficient (Wildman–Crippen LogP) is 1.82. The Morgan fingerprint density at radius 3 is 2.90 bits per heavy atom. The van der Waals surface area contributed by atoms with Gasteiger partial charge in [0.15, 0.2) is 6.10 Å². The minimum absolute atomic E-state index is 0.00609. The molecule has 1 saturated carbocycles. The Bertz CT molecular complexity index is 500. The predicted molar refractivity (Wildman–Crippen MR) is 71.4 cm³/mol. The second-order valence-corrected chi connectivity index (χ2v) is 4.83. The summed E-state index contributed by atoms with van der Waals surface area (Å²) in [6, 6.07) is 3.16. The van der Waals surface area contributed by atoms with E-state index in [9.17, 15) is 14.9 Å². The molecule has 20 heavy (non-hydrogen) atoms. The van der Waals surface area contributed by atoms with Crippen molar-refractivity contribution in [1.29, 1.82) is 0 Å². The standard InChI is InChI=1S/C13H17N3O4/c1-9(13(17)15-10-5-2-3-6-10)20-11-7-4-8-14-12(11)16(18)19/h4,7-10H,2-3,5-6H2,1H3,(H,15,17). The van der Waals surface area contributed by atoms with Crippen LogP contribution in [0.4, 0.5) is 5.82 Å². The molecule has 1 amide bonds. The molecule has 0 aromatic carbocycles. The van der Waals surface area contributed by atoms with E-state index in [1.54, 1.807) is 6.92 Å². The number of nitro groups is 1. The van der Waals surface area contributed by atoms with Crippen LogP contribution in [0.5, 0.6) is 5.75 Å². The maximum atomic E-state index is 12.0. The molecule has 0 aliphatic heterocycles. The van der Waals surface area contributed by atoms with E-state index in [2.05, 4.69) is 10.3 Å². The SMILES string of the molecule is CC(Oc1cccnc1[N+](=O)[O-])C(=O)NC1CCCC1. The molecule has 1 fully saturated rings. The van der Waals surface area contributed by atoms with Gasteiger partial charge in [0.25, 0.3) is 5.91 Å². The molecule has 7 nitrogen and oxygen atoms in total. The highest BCUT2D eigenvalue weighted by atomic mass is 16.6. The maximum absolute atomic E-state index is 12.0. The third kappa shape index (κ3) is 3.43. The minimum atomic E-state index is -0.793. The van der Waals surface area contributed by atoms with Crippen LogP contribution >= 0.6 is 0 Å². The number of amides is 1. The van der Waals surface area contributed by atoms with Gasteiger partial charge in [-0.3, -0.25) is 4.79 Å². The molecule has 7 heteroatoms. The normalized spacial score (nSPS) is 16.6. The number of pyridine rings is 1. The van der Waals surface area contributed by atoms with Crippen molar-refractivity contribution in [1.82, 2.24) is 10.3 Å². The maximum Gasteiger partial charge on any atom is 0.406 e. The molecule has 1 aromatic rings. The third-order valence-electron chi connectivity index (χ3n) is 3.30. The van der Waals surface area contributed by atoms with Crippen molar-refractivity contribution in [2.45, 2.75) is 44.8 Å². The molecule has 2 rings (SSSR count). The van der Waals surface area contributed by atoms with Crippen LogP contribution < -0.4 is 10.1 Å². The van der Waals surface area contributed by atoms with E-state index in [0.717, 1.165) is 25.7 Å². The average molecular weight is 279 g/mol. The number of hydrogen-bond donors (Lipinski definition) is 1. The van der Waals surface area contributed by atoms with Crippen LogP contribution in [0.3, 0.4) is 0 Å². The van der Waals surface area contributed by atoms with Crippen molar-refractivity contribution >= 4 is 11.7 Å². The lowest BCUT2D eigenvalue weighted by Crippen LogP contribution is -2.41. The Labute approximate surface area is 116 Å². The highest BCUT2D eigenvalue weighted by Crippen LogP contribution is 2.24. The highest BCUT2D eigenvalue weighted by molar-refractivity contribution is 5.81. The summed E-state index contributed by atoms with van der Waals surface area (Å²) in [4.78, 5) is 25.8. The molecule has 1 atom stereocenters. The molecule has 1 N–H and O–H groups in total. The second-order valence-electron chi connectivity index (χ2n) is 4.83. The van der Waals surface area contributed by atoms with E-state index in [0.29, 0.717) is 0 Å². The number of carbonyl (C=O) groups excluding carboxylic acids is 1. The van der Waals surface area contributed by atoms with E-state index in [1.807, 2.05) is 0 Å². The van der Waals surface area contributed by atoms with Crippen molar-refractivity contribution in [3.05, 3.63) is 28.4 Å².